The highest BCUT2D eigenvalue weighted by atomic mass is 35.5. The van der Waals surface area contributed by atoms with Crippen molar-refractivity contribution in [2.75, 3.05) is 41.8 Å². The largest absolute Gasteiger partial charge is 0.486 e. The van der Waals surface area contributed by atoms with Crippen LogP contribution in [0.5, 0.6) is 5.75 Å². The Morgan fingerprint density at radius 2 is 2.13 bits per heavy atom. The van der Waals surface area contributed by atoms with Gasteiger partial charge < -0.3 is 29.9 Å². The number of halogens is 3. The van der Waals surface area contributed by atoms with Gasteiger partial charge in [-0.05, 0) is 37.0 Å². The van der Waals surface area contributed by atoms with E-state index in [1.807, 2.05) is 18.2 Å². The maximum atomic E-state index is 14.1. The Morgan fingerprint density at radius 1 is 1.32 bits per heavy atom. The summed E-state index contributed by atoms with van der Waals surface area (Å²) in [4.78, 5) is 23.4. The molecule has 0 unspecified atom stereocenters. The summed E-state index contributed by atoms with van der Waals surface area (Å²) in [7, 11) is 1.72. The molecule has 2 aliphatic heterocycles. The maximum Gasteiger partial charge on any atom is 0.295 e. The number of hydrogen-bond donors (Lipinski definition) is 3. The summed E-state index contributed by atoms with van der Waals surface area (Å²) in [6.45, 7) is -0.132. The van der Waals surface area contributed by atoms with E-state index in [0.29, 0.717) is 35.5 Å². The highest BCUT2D eigenvalue weighted by Gasteiger charge is 2.44. The lowest BCUT2D eigenvalue weighted by molar-refractivity contribution is -0.0881. The van der Waals surface area contributed by atoms with Crippen LogP contribution in [0, 0.1) is 11.8 Å². The number of hydrogen-bond acceptors (Lipinski definition) is 8. The number of alkyl halides is 2. The molecule has 0 spiro atoms. The molecule has 2 fully saturated rings. The van der Waals surface area contributed by atoms with Crippen molar-refractivity contribution in [3.05, 3.63) is 39.8 Å². The summed E-state index contributed by atoms with van der Waals surface area (Å²) >= 11 is 6.40. The Labute approximate surface area is 222 Å². The number of rotatable bonds is 5. The van der Waals surface area contributed by atoms with Crippen molar-refractivity contribution < 1.29 is 18.6 Å². The van der Waals surface area contributed by atoms with E-state index >= 15 is 0 Å². The van der Waals surface area contributed by atoms with Crippen LogP contribution in [0.4, 0.5) is 31.9 Å². The highest BCUT2D eigenvalue weighted by Crippen LogP contribution is 2.41. The Hall–Kier alpha value is -3.18. The topological polar surface area (TPSA) is 105 Å². The molecular weight excluding hydrogens is 518 g/mol. The van der Waals surface area contributed by atoms with Crippen LogP contribution in [0.25, 0.3) is 10.9 Å². The Bertz CT molecular complexity index is 1450. The van der Waals surface area contributed by atoms with E-state index in [4.69, 9.17) is 16.3 Å². The van der Waals surface area contributed by atoms with Crippen molar-refractivity contribution in [3.8, 4) is 5.75 Å². The molecule has 0 amide bonds. The summed E-state index contributed by atoms with van der Waals surface area (Å²) in [6.07, 6.45) is 4.22. The van der Waals surface area contributed by atoms with Crippen molar-refractivity contribution in [3.63, 3.8) is 0 Å². The molecular formula is C26H29ClF2N6O3. The third-order valence-electron chi connectivity index (χ3n) is 7.80. The number of benzene rings is 1. The quantitative estimate of drug-likeness (QED) is 0.438. The lowest BCUT2D eigenvalue weighted by atomic mass is 9.94. The molecule has 12 heteroatoms. The molecule has 1 saturated heterocycles. The minimum absolute atomic E-state index is 0.0610. The monoisotopic (exact) mass is 546 g/mol. The Kier molecular flexibility index (Phi) is 6.30. The van der Waals surface area contributed by atoms with Gasteiger partial charge in [-0.25, -0.2) is 13.8 Å². The van der Waals surface area contributed by atoms with Gasteiger partial charge in [0, 0.05) is 50.1 Å². The van der Waals surface area contributed by atoms with Gasteiger partial charge in [0.15, 0.2) is 5.82 Å². The number of aliphatic hydroxyl groups is 1. The van der Waals surface area contributed by atoms with Gasteiger partial charge >= 0.3 is 0 Å². The van der Waals surface area contributed by atoms with Crippen molar-refractivity contribution >= 4 is 45.6 Å². The van der Waals surface area contributed by atoms with E-state index in [-0.39, 0.29) is 35.7 Å². The number of ether oxygens (including phenoxy) is 1. The van der Waals surface area contributed by atoms with Gasteiger partial charge in [-0.15, -0.1) is 0 Å². The third kappa shape index (κ3) is 4.51. The lowest BCUT2D eigenvalue weighted by Crippen LogP contribution is -2.49. The molecule has 0 radical (unpaired) electrons. The van der Waals surface area contributed by atoms with Gasteiger partial charge in [0.05, 0.1) is 36.5 Å². The van der Waals surface area contributed by atoms with E-state index < -0.39 is 24.9 Å². The smallest absolute Gasteiger partial charge is 0.295 e. The van der Waals surface area contributed by atoms with E-state index in [1.165, 1.54) is 19.0 Å². The average molecular weight is 547 g/mol. The van der Waals surface area contributed by atoms with E-state index in [1.54, 1.807) is 16.5 Å². The first-order valence-electron chi connectivity index (χ1n) is 12.8. The predicted octanol–water partition coefficient (Wildman–Crippen LogP) is 4.15. The average Bonchev–Trinajstić information content (AvgIpc) is 3.75. The van der Waals surface area contributed by atoms with Crippen molar-refractivity contribution in [2.24, 2.45) is 18.9 Å². The number of piperidine rings is 1. The lowest BCUT2D eigenvalue weighted by Gasteiger charge is -2.37. The molecule has 3 aliphatic rings. The molecule has 3 N–H and O–H groups in total. The summed E-state index contributed by atoms with van der Waals surface area (Å²) in [5.41, 5.74) is 1.94. The molecule has 4 heterocycles. The van der Waals surface area contributed by atoms with Gasteiger partial charge in [-0.2, -0.15) is 4.98 Å². The fraction of sp³-hybridized carbons (Fsp3) is 0.500. The fourth-order valence-electron chi connectivity index (χ4n) is 5.36. The molecule has 2 atom stereocenters. The first kappa shape index (κ1) is 25.1. The van der Waals surface area contributed by atoms with Gasteiger partial charge in [0.2, 0.25) is 11.7 Å². The van der Waals surface area contributed by atoms with Crippen LogP contribution in [0.15, 0.2) is 29.2 Å². The standard InChI is InChI=1S/C26H29ClF2N6O3/c1-34-20-5-4-16(10-17(20)21-22(24(34)37)38-9-6-19(32-21)14-2-3-14)31-23-18(27)11-30-25(33-23)35-8-7-26(28,29)15(12-35)13-36/h4-5,10-11,14-15,19,32,36H,2-3,6-9,12-13H2,1H3,(H,30,31,33)/t15-,19-/m1/s1. The molecule has 1 aliphatic carbocycles. The van der Waals surface area contributed by atoms with E-state index in [0.717, 1.165) is 17.3 Å². The summed E-state index contributed by atoms with van der Waals surface area (Å²) in [5, 5.41) is 17.4. The zero-order chi connectivity index (χ0) is 26.6. The molecule has 9 nitrogen and oxygen atoms in total. The Balaban J connectivity index is 1.34. The number of anilines is 4. The Morgan fingerprint density at radius 3 is 2.89 bits per heavy atom. The van der Waals surface area contributed by atoms with Crippen LogP contribution in [0.1, 0.15) is 25.7 Å². The first-order valence-corrected chi connectivity index (χ1v) is 13.2. The molecule has 0 bridgehead atoms. The van der Waals surface area contributed by atoms with Gasteiger partial charge in [-0.3, -0.25) is 4.79 Å². The van der Waals surface area contributed by atoms with E-state index in [2.05, 4.69) is 20.6 Å². The van der Waals surface area contributed by atoms with Gasteiger partial charge in [-0.1, -0.05) is 11.6 Å². The van der Waals surface area contributed by atoms with Crippen LogP contribution >= 0.6 is 11.6 Å². The summed E-state index contributed by atoms with van der Waals surface area (Å²) < 4.78 is 35.7. The molecule has 38 heavy (non-hydrogen) atoms. The second-order valence-electron chi connectivity index (χ2n) is 10.4. The molecule has 1 aromatic carbocycles. The minimum atomic E-state index is -2.93. The normalized spacial score (nSPS) is 22.8. The van der Waals surface area contributed by atoms with Gasteiger partial charge in [0.1, 0.15) is 5.02 Å². The zero-order valence-corrected chi connectivity index (χ0v) is 21.6. The molecule has 6 rings (SSSR count). The predicted molar refractivity (Wildman–Crippen MR) is 142 cm³/mol. The first-order chi connectivity index (χ1) is 18.2. The van der Waals surface area contributed by atoms with Crippen LogP contribution in [-0.4, -0.2) is 57.9 Å². The van der Waals surface area contributed by atoms with Crippen LogP contribution in [0.2, 0.25) is 5.02 Å². The van der Waals surface area contributed by atoms with Crippen LogP contribution in [-0.2, 0) is 7.05 Å². The fourth-order valence-corrected chi connectivity index (χ4v) is 5.50. The summed E-state index contributed by atoms with van der Waals surface area (Å²) in [6, 6.07) is 5.85. The maximum absolute atomic E-state index is 14.1. The molecule has 202 valence electrons. The number of fused-ring (bicyclic) bond motifs is 3. The number of aliphatic hydroxyl groups excluding tert-OH is 1. The molecule has 3 aromatic rings. The van der Waals surface area contributed by atoms with Crippen molar-refractivity contribution in [2.45, 2.75) is 37.6 Å². The second kappa shape index (κ2) is 9.53. The SMILES string of the molecule is Cn1c(=O)c2c(c3cc(Nc4nc(N5CCC(F)(F)[C@@H](CO)C5)ncc4Cl)ccc31)N[C@@H](C1CC1)CCO2. The number of aromatic nitrogens is 3. The van der Waals surface area contributed by atoms with Crippen LogP contribution < -0.4 is 25.8 Å². The van der Waals surface area contributed by atoms with E-state index in [9.17, 15) is 18.7 Å². The van der Waals surface area contributed by atoms with Crippen molar-refractivity contribution in [1.29, 1.82) is 0 Å². The van der Waals surface area contributed by atoms with Crippen LogP contribution in [0.3, 0.4) is 0 Å². The zero-order valence-electron chi connectivity index (χ0n) is 20.9. The molecule has 2 aromatic heterocycles. The number of aryl methyl sites for hydroxylation is 1. The van der Waals surface area contributed by atoms with Gasteiger partial charge in [0.25, 0.3) is 11.5 Å². The number of pyridine rings is 1. The highest BCUT2D eigenvalue weighted by molar-refractivity contribution is 6.32. The number of nitrogens with zero attached hydrogens (tertiary/aromatic N) is 4. The summed E-state index contributed by atoms with van der Waals surface area (Å²) in [5.74, 6) is -2.64. The molecule has 1 saturated carbocycles. The third-order valence-corrected chi connectivity index (χ3v) is 8.08. The minimum Gasteiger partial charge on any atom is -0.486 e. The van der Waals surface area contributed by atoms with Crippen molar-refractivity contribution in [1.82, 2.24) is 14.5 Å². The second-order valence-corrected chi connectivity index (χ2v) is 10.8. The number of nitrogens with one attached hydrogen (secondary N) is 2.